The molecule has 0 aliphatic heterocycles. The number of rotatable bonds is 11. The lowest BCUT2D eigenvalue weighted by Gasteiger charge is -2.29. The van der Waals surface area contributed by atoms with Crippen LogP contribution in [0.1, 0.15) is 32.3 Å². The number of hydrogen-bond donors (Lipinski definition) is 2. The third-order valence-corrected chi connectivity index (χ3v) is 8.23. The maximum absolute atomic E-state index is 12.9. The standard InChI is InChI=1S/C22H29BrCl2N2O3S/c1-22(2,11-7-10-16-8-5-4-6-9-16)26-14-18(28)15-27(3)31(29,30)21-19(24)12-17(23)13-20(21)25/h4-6,8-9,12-13,18,26,28H,7,10-11,14-15H2,1-3H3/t18-/m1/s1. The summed E-state index contributed by atoms with van der Waals surface area (Å²) in [6, 6.07) is 13.3. The Labute approximate surface area is 203 Å². The van der Waals surface area contributed by atoms with Crippen molar-refractivity contribution in [2.45, 2.75) is 49.6 Å². The first kappa shape index (κ1) is 26.6. The van der Waals surface area contributed by atoms with Crippen LogP contribution in [0.4, 0.5) is 0 Å². The Morgan fingerprint density at radius 1 is 1.16 bits per heavy atom. The van der Waals surface area contributed by atoms with Gasteiger partial charge in [0.2, 0.25) is 10.0 Å². The van der Waals surface area contributed by atoms with Crippen molar-refractivity contribution in [3.63, 3.8) is 0 Å². The van der Waals surface area contributed by atoms with Crippen molar-refractivity contribution in [3.8, 4) is 0 Å². The fourth-order valence-corrected chi connectivity index (χ4v) is 6.34. The van der Waals surface area contributed by atoms with E-state index in [4.69, 9.17) is 23.2 Å². The Bertz CT molecular complexity index is 949. The van der Waals surface area contributed by atoms with Gasteiger partial charge in [-0.3, -0.25) is 0 Å². The molecule has 0 heterocycles. The number of hydrogen-bond acceptors (Lipinski definition) is 4. The lowest BCUT2D eigenvalue weighted by atomic mass is 9.95. The van der Waals surface area contributed by atoms with Gasteiger partial charge in [-0.15, -0.1) is 0 Å². The zero-order valence-electron chi connectivity index (χ0n) is 17.9. The highest BCUT2D eigenvalue weighted by atomic mass is 79.9. The molecular formula is C22H29BrCl2N2O3S. The van der Waals surface area contributed by atoms with Gasteiger partial charge in [-0.05, 0) is 50.8 Å². The smallest absolute Gasteiger partial charge is 0.245 e. The lowest BCUT2D eigenvalue weighted by Crippen LogP contribution is -2.46. The van der Waals surface area contributed by atoms with Crippen LogP contribution >= 0.6 is 39.1 Å². The summed E-state index contributed by atoms with van der Waals surface area (Å²) in [5.74, 6) is 0. The number of benzene rings is 2. The van der Waals surface area contributed by atoms with Crippen LogP contribution in [0, 0.1) is 0 Å². The van der Waals surface area contributed by atoms with Crippen LogP contribution < -0.4 is 5.32 Å². The third kappa shape index (κ3) is 8.00. The second-order valence-electron chi connectivity index (χ2n) is 8.24. The maximum Gasteiger partial charge on any atom is 0.245 e. The van der Waals surface area contributed by atoms with Gasteiger partial charge in [-0.2, -0.15) is 4.31 Å². The van der Waals surface area contributed by atoms with E-state index in [1.165, 1.54) is 24.7 Å². The molecule has 0 fully saturated rings. The molecule has 2 aromatic carbocycles. The van der Waals surface area contributed by atoms with Crippen molar-refractivity contribution in [1.29, 1.82) is 0 Å². The number of halogens is 3. The van der Waals surface area contributed by atoms with Crippen LogP contribution in [0.3, 0.4) is 0 Å². The summed E-state index contributed by atoms with van der Waals surface area (Å²) in [5, 5.41) is 13.8. The predicted octanol–water partition coefficient (Wildman–Crippen LogP) is 5.13. The summed E-state index contributed by atoms with van der Waals surface area (Å²) in [6.45, 7) is 4.33. The molecule has 0 aliphatic rings. The number of likely N-dealkylation sites (N-methyl/N-ethyl adjacent to an activating group) is 1. The van der Waals surface area contributed by atoms with Gasteiger partial charge in [0.1, 0.15) is 4.90 Å². The van der Waals surface area contributed by atoms with Gasteiger partial charge in [0.15, 0.2) is 0 Å². The van der Waals surface area contributed by atoms with Crippen molar-refractivity contribution < 1.29 is 13.5 Å². The quantitative estimate of drug-likeness (QED) is 0.406. The number of nitrogens with zero attached hydrogens (tertiary/aromatic N) is 1. The SMILES string of the molecule is CN(C[C@H](O)CNC(C)(C)CCCc1ccccc1)S(=O)(=O)c1c(Cl)cc(Br)cc1Cl. The Balaban J connectivity index is 1.89. The van der Waals surface area contributed by atoms with E-state index >= 15 is 0 Å². The second kappa shape index (κ2) is 11.5. The summed E-state index contributed by atoms with van der Waals surface area (Å²) in [4.78, 5) is -0.164. The Kier molecular flexibility index (Phi) is 9.82. The molecule has 0 unspecified atom stereocenters. The summed E-state index contributed by atoms with van der Waals surface area (Å²) in [6.07, 6.45) is 2.03. The van der Waals surface area contributed by atoms with E-state index in [9.17, 15) is 13.5 Å². The zero-order chi connectivity index (χ0) is 23.2. The normalized spacial score (nSPS) is 13.5. The van der Waals surface area contributed by atoms with Gasteiger partial charge in [-0.1, -0.05) is 69.5 Å². The number of sulfonamides is 1. The summed E-state index contributed by atoms with van der Waals surface area (Å²) < 4.78 is 27.5. The minimum Gasteiger partial charge on any atom is -0.390 e. The molecule has 0 aliphatic carbocycles. The molecule has 0 amide bonds. The number of β-amino-alcohol motifs (C(OH)–C–C–N with tert-alkyl or cyclic N) is 1. The molecule has 0 spiro atoms. The predicted molar refractivity (Wildman–Crippen MR) is 131 cm³/mol. The van der Waals surface area contributed by atoms with E-state index in [-0.39, 0.29) is 33.6 Å². The van der Waals surface area contributed by atoms with Gasteiger partial charge < -0.3 is 10.4 Å². The van der Waals surface area contributed by atoms with Crippen LogP contribution in [-0.2, 0) is 16.4 Å². The van der Waals surface area contributed by atoms with Gasteiger partial charge in [0, 0.05) is 30.1 Å². The average Bonchev–Trinajstić information content (AvgIpc) is 2.66. The zero-order valence-corrected chi connectivity index (χ0v) is 21.8. The highest BCUT2D eigenvalue weighted by Crippen LogP contribution is 2.34. The fraction of sp³-hybridized carbons (Fsp3) is 0.455. The molecule has 1 atom stereocenters. The lowest BCUT2D eigenvalue weighted by molar-refractivity contribution is 0.138. The Hall–Kier alpha value is -0.670. The van der Waals surface area contributed by atoms with Gasteiger partial charge in [-0.25, -0.2) is 8.42 Å². The van der Waals surface area contributed by atoms with Crippen molar-refractivity contribution in [2.75, 3.05) is 20.1 Å². The first-order valence-electron chi connectivity index (χ1n) is 10.0. The summed E-state index contributed by atoms with van der Waals surface area (Å²) >= 11 is 15.5. The van der Waals surface area contributed by atoms with Crippen molar-refractivity contribution >= 4 is 49.2 Å². The molecule has 0 saturated heterocycles. The first-order valence-corrected chi connectivity index (χ1v) is 13.0. The molecular weight excluding hydrogens is 523 g/mol. The molecule has 0 aromatic heterocycles. The van der Waals surface area contributed by atoms with Crippen molar-refractivity contribution in [3.05, 3.63) is 62.5 Å². The van der Waals surface area contributed by atoms with E-state index in [1.807, 2.05) is 18.2 Å². The Morgan fingerprint density at radius 3 is 2.32 bits per heavy atom. The van der Waals surface area contributed by atoms with Crippen molar-refractivity contribution in [2.24, 2.45) is 0 Å². The number of aliphatic hydroxyl groups excluding tert-OH is 1. The molecule has 5 nitrogen and oxygen atoms in total. The van der Waals surface area contributed by atoms with E-state index in [1.54, 1.807) is 0 Å². The minimum atomic E-state index is -3.95. The monoisotopic (exact) mass is 550 g/mol. The van der Waals surface area contributed by atoms with Gasteiger partial charge in [0.05, 0.1) is 16.1 Å². The van der Waals surface area contributed by atoms with Crippen LogP contribution in [0.2, 0.25) is 10.0 Å². The molecule has 2 aromatic rings. The molecule has 172 valence electrons. The largest absolute Gasteiger partial charge is 0.390 e. The molecule has 9 heteroatoms. The number of aliphatic hydroxyl groups is 1. The summed E-state index contributed by atoms with van der Waals surface area (Å²) in [7, 11) is -2.55. The fourth-order valence-electron chi connectivity index (χ4n) is 3.25. The molecule has 2 N–H and O–H groups in total. The van der Waals surface area contributed by atoms with Crippen LogP contribution in [0.5, 0.6) is 0 Å². The van der Waals surface area contributed by atoms with Crippen molar-refractivity contribution in [1.82, 2.24) is 9.62 Å². The molecule has 0 bridgehead atoms. The van der Waals surface area contributed by atoms with Gasteiger partial charge in [0.25, 0.3) is 0 Å². The topological polar surface area (TPSA) is 69.6 Å². The van der Waals surface area contributed by atoms with E-state index in [0.29, 0.717) is 4.47 Å². The summed E-state index contributed by atoms with van der Waals surface area (Å²) in [5.41, 5.74) is 1.11. The maximum atomic E-state index is 12.9. The molecule has 0 saturated carbocycles. The van der Waals surface area contributed by atoms with E-state index in [0.717, 1.165) is 23.6 Å². The highest BCUT2D eigenvalue weighted by molar-refractivity contribution is 9.10. The van der Waals surface area contributed by atoms with Crippen LogP contribution in [-0.4, -0.2) is 49.6 Å². The van der Waals surface area contributed by atoms with E-state index in [2.05, 4.69) is 47.2 Å². The average molecular weight is 552 g/mol. The van der Waals surface area contributed by atoms with E-state index < -0.39 is 16.1 Å². The molecule has 0 radical (unpaired) electrons. The third-order valence-electron chi connectivity index (χ3n) is 5.03. The van der Waals surface area contributed by atoms with Crippen LogP contribution in [0.25, 0.3) is 0 Å². The molecule has 31 heavy (non-hydrogen) atoms. The van der Waals surface area contributed by atoms with Crippen LogP contribution in [0.15, 0.2) is 51.8 Å². The number of aryl methyl sites for hydroxylation is 1. The highest BCUT2D eigenvalue weighted by Gasteiger charge is 2.29. The van der Waals surface area contributed by atoms with Gasteiger partial charge >= 0.3 is 0 Å². The minimum absolute atomic E-state index is 0.0263. The number of nitrogens with one attached hydrogen (secondary N) is 1. The molecule has 2 rings (SSSR count). The second-order valence-corrected chi connectivity index (χ2v) is 12.0. The first-order chi connectivity index (χ1) is 14.4. The Morgan fingerprint density at radius 2 is 1.74 bits per heavy atom.